The van der Waals surface area contributed by atoms with Crippen LogP contribution >= 0.6 is 0 Å². The van der Waals surface area contributed by atoms with E-state index in [1.54, 1.807) is 0 Å². The Hall–Kier alpha value is -0.610. The van der Waals surface area contributed by atoms with E-state index in [0.717, 1.165) is 32.5 Å². The van der Waals surface area contributed by atoms with Crippen LogP contribution in [0.2, 0.25) is 0 Å². The minimum atomic E-state index is -0.536. The Morgan fingerprint density at radius 1 is 1.28 bits per heavy atom. The molecule has 0 aromatic carbocycles. The molecule has 1 aliphatic heterocycles. The number of carbonyl (C=O) groups is 1. The Morgan fingerprint density at radius 2 is 1.78 bits per heavy atom. The van der Waals surface area contributed by atoms with Gasteiger partial charge in [-0.05, 0) is 47.5 Å². The number of nitrogens with zero attached hydrogens (tertiary/aromatic N) is 1. The molecule has 4 nitrogen and oxygen atoms in total. The lowest BCUT2D eigenvalue weighted by atomic mass is 9.74. The number of rotatable bonds is 4. The van der Waals surface area contributed by atoms with Crippen molar-refractivity contribution in [3.8, 4) is 0 Å². The number of likely N-dealkylation sites (tertiary alicyclic amines) is 1. The molecule has 1 heterocycles. The van der Waals surface area contributed by atoms with E-state index in [9.17, 15) is 4.79 Å². The fourth-order valence-electron chi connectivity index (χ4n) is 2.13. The molecule has 1 fully saturated rings. The highest BCUT2D eigenvalue weighted by Crippen LogP contribution is 2.31. The van der Waals surface area contributed by atoms with Crippen LogP contribution in [0.5, 0.6) is 0 Å². The molecular weight excluding hydrogens is 228 g/mol. The van der Waals surface area contributed by atoms with E-state index in [0.29, 0.717) is 6.10 Å². The molecule has 0 bridgehead atoms. The normalized spacial score (nSPS) is 19.1. The standard InChI is InChI=1S/C14H28N2O2/c1-6-18-11-7-9-16(10-8-11)12(17)13(2,3)14(4,5)15/h11H,6-10,15H2,1-5H3. The van der Waals surface area contributed by atoms with Crippen molar-refractivity contribution in [1.82, 2.24) is 4.90 Å². The number of hydrogen-bond donors (Lipinski definition) is 1. The molecule has 0 atom stereocenters. The van der Waals surface area contributed by atoms with Gasteiger partial charge in [0.1, 0.15) is 0 Å². The zero-order chi connectivity index (χ0) is 14.0. The maximum Gasteiger partial charge on any atom is 0.230 e. The van der Waals surface area contributed by atoms with E-state index >= 15 is 0 Å². The maximum atomic E-state index is 12.5. The van der Waals surface area contributed by atoms with E-state index in [2.05, 4.69) is 0 Å². The molecule has 106 valence electrons. The Labute approximate surface area is 111 Å². The van der Waals surface area contributed by atoms with Crippen molar-refractivity contribution in [2.24, 2.45) is 11.1 Å². The second kappa shape index (κ2) is 5.57. The third kappa shape index (κ3) is 3.23. The lowest BCUT2D eigenvalue weighted by Crippen LogP contribution is -2.57. The summed E-state index contributed by atoms with van der Waals surface area (Å²) in [5.74, 6) is 0.157. The summed E-state index contributed by atoms with van der Waals surface area (Å²) in [5, 5.41) is 0. The maximum absolute atomic E-state index is 12.5. The molecule has 1 rings (SSSR count). The van der Waals surface area contributed by atoms with Crippen LogP contribution in [0.1, 0.15) is 47.5 Å². The van der Waals surface area contributed by atoms with Crippen LogP contribution in [0.25, 0.3) is 0 Å². The lowest BCUT2D eigenvalue weighted by molar-refractivity contribution is -0.146. The Morgan fingerprint density at radius 3 is 2.17 bits per heavy atom. The summed E-state index contributed by atoms with van der Waals surface area (Å²) in [5.41, 5.74) is 5.07. The Balaban J connectivity index is 2.60. The molecule has 2 N–H and O–H groups in total. The van der Waals surface area contributed by atoms with Crippen LogP contribution in [0.15, 0.2) is 0 Å². The van der Waals surface area contributed by atoms with Crippen molar-refractivity contribution in [1.29, 1.82) is 0 Å². The topological polar surface area (TPSA) is 55.6 Å². The summed E-state index contributed by atoms with van der Waals surface area (Å²) in [4.78, 5) is 14.5. The van der Waals surface area contributed by atoms with Gasteiger partial charge in [-0.3, -0.25) is 4.79 Å². The monoisotopic (exact) mass is 256 g/mol. The minimum Gasteiger partial charge on any atom is -0.378 e. The number of ether oxygens (including phenoxy) is 1. The average molecular weight is 256 g/mol. The number of amides is 1. The predicted octanol–water partition coefficient (Wildman–Crippen LogP) is 1.78. The van der Waals surface area contributed by atoms with Crippen LogP contribution in [0.3, 0.4) is 0 Å². The first-order chi connectivity index (χ1) is 8.20. The van der Waals surface area contributed by atoms with Gasteiger partial charge in [0.2, 0.25) is 5.91 Å². The molecule has 0 aromatic rings. The van der Waals surface area contributed by atoms with Gasteiger partial charge in [0.15, 0.2) is 0 Å². The molecule has 0 radical (unpaired) electrons. The van der Waals surface area contributed by atoms with Gasteiger partial charge in [0, 0.05) is 25.2 Å². The van der Waals surface area contributed by atoms with Crippen molar-refractivity contribution >= 4 is 5.91 Å². The molecule has 0 aromatic heterocycles. The first-order valence-corrected chi connectivity index (χ1v) is 6.90. The molecule has 1 amide bonds. The van der Waals surface area contributed by atoms with E-state index in [4.69, 9.17) is 10.5 Å². The predicted molar refractivity (Wildman–Crippen MR) is 73.3 cm³/mol. The summed E-state index contributed by atoms with van der Waals surface area (Å²) < 4.78 is 5.60. The molecule has 0 unspecified atom stereocenters. The summed E-state index contributed by atoms with van der Waals surface area (Å²) >= 11 is 0. The molecule has 0 spiro atoms. The van der Waals surface area contributed by atoms with E-state index < -0.39 is 11.0 Å². The van der Waals surface area contributed by atoms with Gasteiger partial charge in [0.25, 0.3) is 0 Å². The van der Waals surface area contributed by atoms with Crippen LogP contribution in [0.4, 0.5) is 0 Å². The molecule has 1 saturated heterocycles. The highest BCUT2D eigenvalue weighted by atomic mass is 16.5. The molecule has 1 aliphatic rings. The second-order valence-electron chi connectivity index (χ2n) is 6.29. The number of piperidine rings is 1. The van der Waals surface area contributed by atoms with Gasteiger partial charge in [-0.25, -0.2) is 0 Å². The van der Waals surface area contributed by atoms with Crippen molar-refractivity contribution in [2.45, 2.75) is 59.1 Å². The Bertz CT molecular complexity index is 287. The van der Waals surface area contributed by atoms with Gasteiger partial charge in [0.05, 0.1) is 11.5 Å². The fraction of sp³-hybridized carbons (Fsp3) is 0.929. The zero-order valence-electron chi connectivity index (χ0n) is 12.5. The van der Waals surface area contributed by atoms with Crippen LogP contribution in [-0.4, -0.2) is 42.1 Å². The Kier molecular flexibility index (Phi) is 4.78. The summed E-state index contributed by atoms with van der Waals surface area (Å²) in [7, 11) is 0. The largest absolute Gasteiger partial charge is 0.378 e. The quantitative estimate of drug-likeness (QED) is 0.834. The summed E-state index contributed by atoms with van der Waals surface area (Å²) in [6.45, 7) is 12.0. The van der Waals surface area contributed by atoms with Crippen molar-refractivity contribution in [3.05, 3.63) is 0 Å². The van der Waals surface area contributed by atoms with E-state index in [1.807, 2.05) is 39.5 Å². The third-order valence-electron chi connectivity index (χ3n) is 4.28. The highest BCUT2D eigenvalue weighted by molar-refractivity contribution is 5.83. The number of hydrogen-bond acceptors (Lipinski definition) is 3. The summed E-state index contributed by atoms with van der Waals surface area (Å²) in [6, 6.07) is 0. The average Bonchev–Trinajstić information content (AvgIpc) is 2.28. The first-order valence-electron chi connectivity index (χ1n) is 6.90. The van der Waals surface area contributed by atoms with Gasteiger partial charge < -0.3 is 15.4 Å². The first kappa shape index (κ1) is 15.4. The van der Waals surface area contributed by atoms with Gasteiger partial charge in [-0.2, -0.15) is 0 Å². The lowest BCUT2D eigenvalue weighted by Gasteiger charge is -2.42. The van der Waals surface area contributed by atoms with Crippen LogP contribution in [0, 0.1) is 5.41 Å². The minimum absolute atomic E-state index is 0.157. The van der Waals surface area contributed by atoms with Crippen LogP contribution in [-0.2, 0) is 9.53 Å². The van der Waals surface area contributed by atoms with Crippen molar-refractivity contribution < 1.29 is 9.53 Å². The van der Waals surface area contributed by atoms with Gasteiger partial charge in [-0.1, -0.05) is 0 Å². The highest BCUT2D eigenvalue weighted by Gasteiger charge is 2.43. The summed E-state index contributed by atoms with van der Waals surface area (Å²) in [6.07, 6.45) is 2.18. The second-order valence-corrected chi connectivity index (χ2v) is 6.29. The molecule has 4 heteroatoms. The van der Waals surface area contributed by atoms with Crippen molar-refractivity contribution in [3.63, 3.8) is 0 Å². The molecule has 0 aliphatic carbocycles. The zero-order valence-corrected chi connectivity index (χ0v) is 12.5. The number of nitrogens with two attached hydrogens (primary N) is 1. The third-order valence-corrected chi connectivity index (χ3v) is 4.28. The molecule has 18 heavy (non-hydrogen) atoms. The van der Waals surface area contributed by atoms with Gasteiger partial charge in [-0.15, -0.1) is 0 Å². The smallest absolute Gasteiger partial charge is 0.230 e. The molecular formula is C14H28N2O2. The number of carbonyl (C=O) groups excluding carboxylic acids is 1. The molecule has 0 saturated carbocycles. The van der Waals surface area contributed by atoms with E-state index in [-0.39, 0.29) is 5.91 Å². The van der Waals surface area contributed by atoms with Gasteiger partial charge >= 0.3 is 0 Å². The van der Waals surface area contributed by atoms with Crippen molar-refractivity contribution in [2.75, 3.05) is 19.7 Å². The van der Waals surface area contributed by atoms with E-state index in [1.165, 1.54) is 0 Å². The fourth-order valence-corrected chi connectivity index (χ4v) is 2.13. The van der Waals surface area contributed by atoms with Crippen LogP contribution < -0.4 is 5.73 Å². The SMILES string of the molecule is CCOC1CCN(C(=O)C(C)(C)C(C)(C)N)CC1.